The molecule has 0 saturated heterocycles. The first kappa shape index (κ1) is 19.6. The van der Waals surface area contributed by atoms with Gasteiger partial charge >= 0.3 is 0 Å². The van der Waals surface area contributed by atoms with Gasteiger partial charge in [-0.1, -0.05) is 17.7 Å². The van der Waals surface area contributed by atoms with Gasteiger partial charge in [0.1, 0.15) is 5.65 Å². The molecule has 0 aliphatic carbocycles. The third kappa shape index (κ3) is 3.14. The number of aromatic nitrogens is 4. The van der Waals surface area contributed by atoms with Crippen molar-refractivity contribution >= 4 is 16.7 Å². The van der Waals surface area contributed by atoms with Gasteiger partial charge in [-0.2, -0.15) is 9.61 Å². The van der Waals surface area contributed by atoms with E-state index in [0.29, 0.717) is 6.61 Å². The fourth-order valence-electron chi connectivity index (χ4n) is 4.59. The monoisotopic (exact) mass is 390 g/mol. The van der Waals surface area contributed by atoms with Gasteiger partial charge in [-0.25, -0.2) is 4.98 Å². The first-order valence-electron chi connectivity index (χ1n) is 10.3. The second kappa shape index (κ2) is 7.30. The van der Waals surface area contributed by atoms with E-state index in [0.717, 1.165) is 46.8 Å². The van der Waals surface area contributed by atoms with Crippen LogP contribution in [0.1, 0.15) is 40.7 Å². The molecule has 0 atom stereocenters. The molecular formula is C24H30N4O. The molecule has 0 N–H and O–H groups in total. The normalized spacial score (nSPS) is 11.8. The summed E-state index contributed by atoms with van der Waals surface area (Å²) in [4.78, 5) is 5.01. The van der Waals surface area contributed by atoms with Crippen molar-refractivity contribution in [2.75, 3.05) is 13.2 Å². The topological polar surface area (TPSA) is 44.3 Å². The molecule has 0 unspecified atom stereocenters. The smallest absolute Gasteiger partial charge is 0.165 e. The third-order valence-corrected chi connectivity index (χ3v) is 5.77. The molecule has 0 amide bonds. The van der Waals surface area contributed by atoms with Crippen molar-refractivity contribution in [3.05, 3.63) is 52.0 Å². The summed E-state index contributed by atoms with van der Waals surface area (Å²) in [7, 11) is 0. The van der Waals surface area contributed by atoms with Crippen molar-refractivity contribution in [1.29, 1.82) is 0 Å². The van der Waals surface area contributed by atoms with E-state index in [1.54, 1.807) is 0 Å². The van der Waals surface area contributed by atoms with Crippen molar-refractivity contribution in [2.24, 2.45) is 0 Å². The van der Waals surface area contributed by atoms with Crippen LogP contribution >= 0.6 is 0 Å². The van der Waals surface area contributed by atoms with Gasteiger partial charge < -0.3 is 9.30 Å². The Morgan fingerprint density at radius 1 is 0.897 bits per heavy atom. The predicted octanol–water partition coefficient (Wildman–Crippen LogP) is 5.24. The minimum absolute atomic E-state index is 0.688. The lowest BCUT2D eigenvalue weighted by molar-refractivity contribution is 0.139. The van der Waals surface area contributed by atoms with Crippen LogP contribution in [0, 0.1) is 41.5 Å². The maximum absolute atomic E-state index is 5.63. The molecule has 29 heavy (non-hydrogen) atoms. The Balaban J connectivity index is 2.04. The van der Waals surface area contributed by atoms with E-state index in [4.69, 9.17) is 14.8 Å². The Labute approximate surface area is 172 Å². The lowest BCUT2D eigenvalue weighted by atomic mass is 9.94. The maximum atomic E-state index is 5.63. The molecule has 152 valence electrons. The lowest BCUT2D eigenvalue weighted by Gasteiger charge is -2.12. The maximum Gasteiger partial charge on any atom is 0.165 e. The number of fused-ring (bicyclic) bond motifs is 3. The van der Waals surface area contributed by atoms with Gasteiger partial charge in [0.25, 0.3) is 0 Å². The van der Waals surface area contributed by atoms with Crippen molar-refractivity contribution in [3.8, 4) is 11.1 Å². The molecule has 0 radical (unpaired) electrons. The Hall–Kier alpha value is -2.66. The number of ether oxygens (including phenoxy) is 1. The molecule has 0 aliphatic heterocycles. The highest BCUT2D eigenvalue weighted by Gasteiger charge is 2.21. The molecule has 4 rings (SSSR count). The van der Waals surface area contributed by atoms with Crippen LogP contribution in [0.15, 0.2) is 18.2 Å². The number of rotatable bonds is 5. The van der Waals surface area contributed by atoms with Crippen LogP contribution in [0.5, 0.6) is 0 Å². The number of hydrogen-bond acceptors (Lipinski definition) is 3. The molecule has 1 aromatic carbocycles. The average molecular weight is 391 g/mol. The fraction of sp³-hybridized carbons (Fsp3) is 0.417. The summed E-state index contributed by atoms with van der Waals surface area (Å²) in [6, 6.07) is 6.69. The highest BCUT2D eigenvalue weighted by atomic mass is 16.5. The molecule has 5 heteroatoms. The molecule has 0 saturated carbocycles. The predicted molar refractivity (Wildman–Crippen MR) is 119 cm³/mol. The van der Waals surface area contributed by atoms with Crippen molar-refractivity contribution in [1.82, 2.24) is 19.2 Å². The van der Waals surface area contributed by atoms with Crippen molar-refractivity contribution in [3.63, 3.8) is 0 Å². The molecule has 3 aromatic heterocycles. The second-order valence-corrected chi connectivity index (χ2v) is 8.04. The number of benzene rings is 1. The van der Waals surface area contributed by atoms with Gasteiger partial charge in [0.2, 0.25) is 0 Å². The molecule has 4 aromatic rings. The molecule has 0 spiro atoms. The Morgan fingerprint density at radius 3 is 2.24 bits per heavy atom. The van der Waals surface area contributed by atoms with E-state index >= 15 is 0 Å². The first-order chi connectivity index (χ1) is 13.8. The highest BCUT2D eigenvalue weighted by Crippen LogP contribution is 2.35. The second-order valence-electron chi connectivity index (χ2n) is 8.04. The van der Waals surface area contributed by atoms with Gasteiger partial charge in [0.15, 0.2) is 5.65 Å². The molecule has 0 bridgehead atoms. The third-order valence-electron chi connectivity index (χ3n) is 5.77. The summed E-state index contributed by atoms with van der Waals surface area (Å²) in [6.45, 7) is 17.1. The van der Waals surface area contributed by atoms with E-state index in [-0.39, 0.29) is 0 Å². The number of nitrogens with zero attached hydrogens (tertiary/aromatic N) is 4. The van der Waals surface area contributed by atoms with Gasteiger partial charge in [0.05, 0.1) is 23.6 Å². The summed E-state index contributed by atoms with van der Waals surface area (Å²) in [5, 5.41) is 6.11. The fourth-order valence-corrected chi connectivity index (χ4v) is 4.59. The number of hydrogen-bond donors (Lipinski definition) is 0. The van der Waals surface area contributed by atoms with Gasteiger partial charge in [-0.3, -0.25) is 0 Å². The summed E-state index contributed by atoms with van der Waals surface area (Å²) >= 11 is 0. The Morgan fingerprint density at radius 2 is 1.59 bits per heavy atom. The standard InChI is InChI=1S/C24H30N4O/c1-8-29-10-9-27-17(5)13-20-18(6)25-23-22(19(7)26-28(23)24(20)27)21-15(3)11-14(2)12-16(21)4/h11-13H,8-10H2,1-7H3. The van der Waals surface area contributed by atoms with Gasteiger partial charge in [-0.05, 0) is 71.2 Å². The van der Waals surface area contributed by atoms with E-state index < -0.39 is 0 Å². The van der Waals surface area contributed by atoms with E-state index in [1.165, 1.54) is 27.9 Å². The van der Waals surface area contributed by atoms with Crippen LogP contribution in [0.4, 0.5) is 0 Å². The van der Waals surface area contributed by atoms with Crippen LogP contribution in [-0.4, -0.2) is 32.4 Å². The van der Waals surface area contributed by atoms with Crippen LogP contribution in [0.2, 0.25) is 0 Å². The summed E-state index contributed by atoms with van der Waals surface area (Å²) < 4.78 is 9.96. The quantitative estimate of drug-likeness (QED) is 0.438. The molecule has 0 aliphatic rings. The SMILES string of the molecule is CCOCCn1c(C)cc2c(C)nc3c(-c4c(C)cc(C)cc4C)c(C)nn3c21. The van der Waals surface area contributed by atoms with Crippen molar-refractivity contribution in [2.45, 2.75) is 55.0 Å². The van der Waals surface area contributed by atoms with Crippen molar-refractivity contribution < 1.29 is 4.74 Å². The first-order valence-corrected chi connectivity index (χ1v) is 10.3. The summed E-state index contributed by atoms with van der Waals surface area (Å²) in [6.07, 6.45) is 0. The molecular weight excluding hydrogens is 360 g/mol. The van der Waals surface area contributed by atoms with Crippen LogP contribution < -0.4 is 0 Å². The summed E-state index contributed by atoms with van der Waals surface area (Å²) in [5.41, 5.74) is 11.5. The Kier molecular flexibility index (Phi) is 4.95. The molecule has 0 fully saturated rings. The lowest BCUT2D eigenvalue weighted by Crippen LogP contribution is -2.10. The van der Waals surface area contributed by atoms with E-state index in [1.807, 2.05) is 11.4 Å². The highest BCUT2D eigenvalue weighted by molar-refractivity contribution is 5.90. The zero-order valence-electron chi connectivity index (χ0n) is 18.6. The largest absolute Gasteiger partial charge is 0.380 e. The Bertz CT molecular complexity index is 1210. The zero-order valence-corrected chi connectivity index (χ0v) is 18.6. The number of aryl methyl sites for hydroxylation is 6. The average Bonchev–Trinajstić information content (AvgIpc) is 3.13. The van der Waals surface area contributed by atoms with Gasteiger partial charge in [0, 0.05) is 24.2 Å². The summed E-state index contributed by atoms with van der Waals surface area (Å²) in [5.74, 6) is 0. The van der Waals surface area contributed by atoms with Crippen LogP contribution in [0.3, 0.4) is 0 Å². The van der Waals surface area contributed by atoms with E-state index in [9.17, 15) is 0 Å². The molecule has 3 heterocycles. The van der Waals surface area contributed by atoms with E-state index in [2.05, 4.69) is 64.3 Å². The van der Waals surface area contributed by atoms with Crippen LogP contribution in [-0.2, 0) is 11.3 Å². The minimum atomic E-state index is 0.688. The molecule has 5 nitrogen and oxygen atoms in total. The minimum Gasteiger partial charge on any atom is -0.380 e. The van der Waals surface area contributed by atoms with Gasteiger partial charge in [-0.15, -0.1) is 0 Å². The van der Waals surface area contributed by atoms with Crippen LogP contribution in [0.25, 0.3) is 27.8 Å². The zero-order chi connectivity index (χ0) is 20.9.